The lowest BCUT2D eigenvalue weighted by Gasteiger charge is -2.14. The predicted molar refractivity (Wildman–Crippen MR) is 80.6 cm³/mol. The van der Waals surface area contributed by atoms with Crippen molar-refractivity contribution in [2.24, 2.45) is 5.73 Å². The van der Waals surface area contributed by atoms with Gasteiger partial charge in [0, 0.05) is 18.8 Å². The van der Waals surface area contributed by atoms with Crippen molar-refractivity contribution in [3.8, 4) is 0 Å². The average Bonchev–Trinajstić information content (AvgIpc) is 2.86. The van der Waals surface area contributed by atoms with Crippen LogP contribution in [0.3, 0.4) is 0 Å². The number of ether oxygens (including phenoxy) is 1. The maximum Gasteiger partial charge on any atom is 0.239 e. The van der Waals surface area contributed by atoms with Crippen LogP contribution >= 0.6 is 0 Å². The summed E-state index contributed by atoms with van der Waals surface area (Å²) >= 11 is 0. The number of carbonyl (C=O) groups is 1. The quantitative estimate of drug-likeness (QED) is 0.833. The Hall–Kier alpha value is -1.44. The van der Waals surface area contributed by atoms with Crippen molar-refractivity contribution in [1.82, 2.24) is 0 Å². The Balaban J connectivity index is 1.97. The molecule has 1 saturated heterocycles. The van der Waals surface area contributed by atoms with Gasteiger partial charge in [-0.2, -0.15) is 0 Å². The summed E-state index contributed by atoms with van der Waals surface area (Å²) in [6.45, 7) is 2.56. The summed E-state index contributed by atoms with van der Waals surface area (Å²) in [4.78, 5) is 11.9. The van der Waals surface area contributed by atoms with E-state index in [1.165, 1.54) is 0 Å². The highest BCUT2D eigenvalue weighted by Crippen LogP contribution is 2.21. The van der Waals surface area contributed by atoms with Gasteiger partial charge in [0.15, 0.2) is 9.84 Å². The van der Waals surface area contributed by atoms with Crippen molar-refractivity contribution in [1.29, 1.82) is 0 Å². The van der Waals surface area contributed by atoms with Crippen LogP contribution in [0, 0.1) is 0 Å². The van der Waals surface area contributed by atoms with Gasteiger partial charge in [0.1, 0.15) is 5.75 Å². The van der Waals surface area contributed by atoms with E-state index in [0.29, 0.717) is 25.3 Å². The van der Waals surface area contributed by atoms with Crippen LogP contribution in [0.25, 0.3) is 0 Å². The normalized spacial score (nSPS) is 22.2. The van der Waals surface area contributed by atoms with E-state index in [1.54, 1.807) is 31.2 Å². The molecule has 1 heterocycles. The molecule has 0 saturated carbocycles. The van der Waals surface area contributed by atoms with Gasteiger partial charge < -0.3 is 15.8 Å². The number of nitrogens with one attached hydrogen (secondary N) is 1. The van der Waals surface area contributed by atoms with Gasteiger partial charge in [0.05, 0.1) is 11.4 Å². The number of anilines is 1. The second-order valence-electron chi connectivity index (χ2n) is 5.16. The fourth-order valence-corrected chi connectivity index (χ4v) is 4.16. The molecule has 1 fully saturated rings. The minimum atomic E-state index is -3.50. The molecule has 0 bridgehead atoms. The Morgan fingerprint density at radius 2 is 2.05 bits per heavy atom. The van der Waals surface area contributed by atoms with Gasteiger partial charge in [0.25, 0.3) is 0 Å². The summed E-state index contributed by atoms with van der Waals surface area (Å²) in [5, 5.41) is 1.99. The van der Waals surface area contributed by atoms with Gasteiger partial charge in [-0.25, -0.2) is 8.42 Å². The highest BCUT2D eigenvalue weighted by Gasteiger charge is 2.36. The van der Waals surface area contributed by atoms with E-state index < -0.39 is 26.7 Å². The number of carbonyl (C=O) groups excluding carboxylic acids is 1. The Morgan fingerprint density at radius 1 is 1.38 bits per heavy atom. The Bertz CT molecular complexity index is 598. The van der Waals surface area contributed by atoms with Crippen LogP contribution in [0.15, 0.2) is 24.3 Å². The van der Waals surface area contributed by atoms with Gasteiger partial charge in [-0.15, -0.1) is 0 Å². The molecule has 0 radical (unpaired) electrons. The summed E-state index contributed by atoms with van der Waals surface area (Å²) in [7, 11) is -3.50. The SMILES string of the molecule is CC1OCCC1S(=O)(=O)CC(=O)Nc1ccc(CN)cc1. The molecule has 2 atom stereocenters. The maximum atomic E-state index is 12.2. The van der Waals surface area contributed by atoms with Crippen molar-refractivity contribution >= 4 is 21.4 Å². The fraction of sp³-hybridized carbons (Fsp3) is 0.500. The van der Waals surface area contributed by atoms with Crippen molar-refractivity contribution < 1.29 is 17.9 Å². The summed E-state index contributed by atoms with van der Waals surface area (Å²) < 4.78 is 29.6. The van der Waals surface area contributed by atoms with E-state index in [0.717, 1.165) is 5.56 Å². The molecule has 2 unspecified atom stereocenters. The molecule has 7 heteroatoms. The maximum absolute atomic E-state index is 12.2. The van der Waals surface area contributed by atoms with Crippen LogP contribution in [0.1, 0.15) is 18.9 Å². The zero-order valence-corrected chi connectivity index (χ0v) is 12.7. The first-order valence-electron chi connectivity index (χ1n) is 6.84. The van der Waals surface area contributed by atoms with Crippen molar-refractivity contribution in [2.75, 3.05) is 17.7 Å². The number of hydrogen-bond acceptors (Lipinski definition) is 5. The average molecular weight is 312 g/mol. The smallest absolute Gasteiger partial charge is 0.239 e. The lowest BCUT2D eigenvalue weighted by Crippen LogP contribution is -2.34. The van der Waals surface area contributed by atoms with Crippen LogP contribution in [0.2, 0.25) is 0 Å². The highest BCUT2D eigenvalue weighted by molar-refractivity contribution is 7.92. The van der Waals surface area contributed by atoms with E-state index >= 15 is 0 Å². The van der Waals surface area contributed by atoms with Crippen LogP contribution in [-0.4, -0.2) is 38.0 Å². The van der Waals surface area contributed by atoms with Gasteiger partial charge in [-0.05, 0) is 31.0 Å². The number of rotatable bonds is 5. The Labute approximate surface area is 124 Å². The van der Waals surface area contributed by atoms with Crippen molar-refractivity contribution in [3.05, 3.63) is 29.8 Å². The molecule has 0 aromatic heterocycles. The molecule has 1 aliphatic heterocycles. The topological polar surface area (TPSA) is 98.5 Å². The predicted octanol–water partition coefficient (Wildman–Crippen LogP) is 0.676. The van der Waals surface area contributed by atoms with Gasteiger partial charge >= 0.3 is 0 Å². The van der Waals surface area contributed by atoms with E-state index in [9.17, 15) is 13.2 Å². The molecule has 0 aliphatic carbocycles. The molecule has 1 aromatic carbocycles. The summed E-state index contributed by atoms with van der Waals surface area (Å²) in [5.74, 6) is -1.06. The summed E-state index contributed by atoms with van der Waals surface area (Å²) in [5.41, 5.74) is 6.99. The molecular weight excluding hydrogens is 292 g/mol. The minimum absolute atomic E-state index is 0.355. The molecule has 3 N–H and O–H groups in total. The molecule has 116 valence electrons. The molecule has 21 heavy (non-hydrogen) atoms. The zero-order valence-electron chi connectivity index (χ0n) is 11.9. The standard InChI is InChI=1S/C14H20N2O4S/c1-10-13(6-7-20-10)21(18,19)9-14(17)16-12-4-2-11(8-15)3-5-12/h2-5,10,13H,6-9,15H2,1H3,(H,16,17). The number of benzene rings is 1. The molecule has 2 rings (SSSR count). The summed E-state index contributed by atoms with van der Waals surface area (Å²) in [6.07, 6.45) is 0.0914. The third-order valence-corrected chi connectivity index (χ3v) is 5.78. The van der Waals surface area contributed by atoms with E-state index in [1.807, 2.05) is 0 Å². The number of nitrogens with two attached hydrogens (primary N) is 1. The zero-order chi connectivity index (χ0) is 15.5. The fourth-order valence-electron chi connectivity index (χ4n) is 2.39. The molecule has 0 spiro atoms. The van der Waals surface area contributed by atoms with E-state index in [4.69, 9.17) is 10.5 Å². The lowest BCUT2D eigenvalue weighted by atomic mass is 10.2. The van der Waals surface area contributed by atoms with Gasteiger partial charge in [-0.1, -0.05) is 12.1 Å². The molecule has 1 amide bonds. The molecular formula is C14H20N2O4S. The third-order valence-electron chi connectivity index (χ3n) is 3.57. The minimum Gasteiger partial charge on any atom is -0.377 e. The second-order valence-corrected chi connectivity index (χ2v) is 7.38. The first kappa shape index (κ1) is 15.9. The summed E-state index contributed by atoms with van der Waals surface area (Å²) in [6, 6.07) is 6.98. The van der Waals surface area contributed by atoms with Gasteiger partial charge in [-0.3, -0.25) is 4.79 Å². The van der Waals surface area contributed by atoms with Gasteiger partial charge in [0.2, 0.25) is 5.91 Å². The van der Waals surface area contributed by atoms with E-state index in [2.05, 4.69) is 5.32 Å². The largest absolute Gasteiger partial charge is 0.377 e. The monoisotopic (exact) mass is 312 g/mol. The van der Waals surface area contributed by atoms with Crippen LogP contribution in [0.4, 0.5) is 5.69 Å². The molecule has 1 aliphatic rings. The van der Waals surface area contributed by atoms with Crippen LogP contribution < -0.4 is 11.1 Å². The van der Waals surface area contributed by atoms with Crippen molar-refractivity contribution in [3.63, 3.8) is 0 Å². The van der Waals surface area contributed by atoms with Crippen LogP contribution in [-0.2, 0) is 25.9 Å². The first-order chi connectivity index (χ1) is 9.92. The molecule has 6 nitrogen and oxygen atoms in total. The van der Waals surface area contributed by atoms with Crippen LogP contribution in [0.5, 0.6) is 0 Å². The third kappa shape index (κ3) is 4.03. The van der Waals surface area contributed by atoms with Crippen molar-refractivity contribution in [2.45, 2.75) is 31.2 Å². The molecule has 1 aromatic rings. The Kier molecular flexibility index (Phi) is 4.97. The number of sulfone groups is 1. The van der Waals surface area contributed by atoms with E-state index in [-0.39, 0.29) is 6.10 Å². The Morgan fingerprint density at radius 3 is 2.57 bits per heavy atom. The lowest BCUT2D eigenvalue weighted by molar-refractivity contribution is -0.113. The number of amides is 1. The second kappa shape index (κ2) is 6.55. The first-order valence-corrected chi connectivity index (χ1v) is 8.56. The highest BCUT2D eigenvalue weighted by atomic mass is 32.2. The number of hydrogen-bond donors (Lipinski definition) is 2.